The molecule has 0 saturated heterocycles. The van der Waals surface area contributed by atoms with Crippen molar-refractivity contribution in [3.63, 3.8) is 0 Å². The van der Waals surface area contributed by atoms with Gasteiger partial charge >= 0.3 is 6.03 Å². The van der Waals surface area contributed by atoms with Crippen molar-refractivity contribution in [2.75, 3.05) is 29.5 Å². The van der Waals surface area contributed by atoms with Gasteiger partial charge in [-0.1, -0.05) is 30.3 Å². The van der Waals surface area contributed by atoms with Crippen molar-refractivity contribution < 1.29 is 9.59 Å². The molecular weight excluding hydrogens is 400 g/mol. The van der Waals surface area contributed by atoms with Crippen LogP contribution in [0.2, 0.25) is 0 Å². The highest BCUT2D eigenvalue weighted by molar-refractivity contribution is 6.05. The Hall–Kier alpha value is -3.64. The Balaban J connectivity index is 1.29. The average molecular weight is 429 g/mol. The van der Waals surface area contributed by atoms with Crippen LogP contribution in [0.3, 0.4) is 0 Å². The van der Waals surface area contributed by atoms with Gasteiger partial charge in [-0.15, -0.1) is 0 Å². The summed E-state index contributed by atoms with van der Waals surface area (Å²) in [6.45, 7) is 1.02. The molecule has 6 nitrogen and oxygen atoms in total. The van der Waals surface area contributed by atoms with Gasteiger partial charge < -0.3 is 20.9 Å². The molecule has 32 heavy (non-hydrogen) atoms. The molecular formula is C26H28N4O2. The standard InChI is InChI=1S/C26H28N4O2/c1-30(24-14-15-24)17-16-19-6-5-9-23(18-19)27-25(31)20-10-12-22(13-11-20)29-26(32)28-21-7-3-2-4-8-21/h2-13,18,24H,14-17H2,1H3,(H,27,31)(H2,28,29,32). The molecule has 0 heterocycles. The van der Waals surface area contributed by atoms with Gasteiger partial charge in [-0.2, -0.15) is 0 Å². The van der Waals surface area contributed by atoms with E-state index in [0.29, 0.717) is 16.9 Å². The van der Waals surface area contributed by atoms with Crippen molar-refractivity contribution in [2.45, 2.75) is 25.3 Å². The maximum atomic E-state index is 12.6. The van der Waals surface area contributed by atoms with Gasteiger partial charge in [0, 0.05) is 35.2 Å². The van der Waals surface area contributed by atoms with Crippen LogP contribution in [0.25, 0.3) is 0 Å². The molecule has 6 heteroatoms. The Bertz CT molecular complexity index is 1060. The van der Waals surface area contributed by atoms with Gasteiger partial charge in [-0.3, -0.25) is 4.79 Å². The molecule has 164 valence electrons. The number of nitrogens with zero attached hydrogens (tertiary/aromatic N) is 1. The van der Waals surface area contributed by atoms with Crippen LogP contribution in [0, 0.1) is 0 Å². The average Bonchev–Trinajstić information content (AvgIpc) is 3.64. The SMILES string of the molecule is CN(CCc1cccc(NC(=O)c2ccc(NC(=O)Nc3ccccc3)cc2)c1)C1CC1. The number of carbonyl (C=O) groups excluding carboxylic acids is 2. The second-order valence-electron chi connectivity index (χ2n) is 8.14. The molecule has 1 saturated carbocycles. The maximum Gasteiger partial charge on any atom is 0.323 e. The first-order valence-electron chi connectivity index (χ1n) is 10.9. The highest BCUT2D eigenvalue weighted by atomic mass is 16.2. The summed E-state index contributed by atoms with van der Waals surface area (Å²) in [5, 5.41) is 8.49. The van der Waals surface area contributed by atoms with Crippen LogP contribution >= 0.6 is 0 Å². The van der Waals surface area contributed by atoms with Crippen LogP contribution < -0.4 is 16.0 Å². The third kappa shape index (κ3) is 6.18. The van der Waals surface area contributed by atoms with Gasteiger partial charge in [-0.05, 0) is 80.4 Å². The van der Waals surface area contributed by atoms with Crippen molar-refractivity contribution in [2.24, 2.45) is 0 Å². The lowest BCUT2D eigenvalue weighted by atomic mass is 10.1. The molecule has 1 aliphatic rings. The predicted octanol–water partition coefficient (Wildman–Crippen LogP) is 5.22. The minimum absolute atomic E-state index is 0.183. The molecule has 0 aromatic heterocycles. The lowest BCUT2D eigenvalue weighted by molar-refractivity contribution is 0.102. The van der Waals surface area contributed by atoms with Gasteiger partial charge in [0.25, 0.3) is 5.91 Å². The van der Waals surface area contributed by atoms with Crippen molar-refractivity contribution >= 4 is 29.0 Å². The van der Waals surface area contributed by atoms with E-state index >= 15 is 0 Å². The van der Waals surface area contributed by atoms with Gasteiger partial charge in [0.2, 0.25) is 0 Å². The molecule has 0 unspecified atom stereocenters. The van der Waals surface area contributed by atoms with E-state index in [2.05, 4.69) is 34.0 Å². The van der Waals surface area contributed by atoms with E-state index in [4.69, 9.17) is 0 Å². The van der Waals surface area contributed by atoms with E-state index in [1.807, 2.05) is 48.5 Å². The number of hydrogen-bond donors (Lipinski definition) is 3. The summed E-state index contributed by atoms with van der Waals surface area (Å²) in [5.41, 5.74) is 3.84. The van der Waals surface area contributed by atoms with Crippen LogP contribution in [0.4, 0.5) is 21.9 Å². The Kier molecular flexibility index (Phi) is 6.82. The molecule has 3 aromatic rings. The summed E-state index contributed by atoms with van der Waals surface area (Å²) in [6.07, 6.45) is 3.57. The Morgan fingerprint density at radius 2 is 1.47 bits per heavy atom. The molecule has 3 aromatic carbocycles. The third-order valence-electron chi connectivity index (χ3n) is 5.54. The van der Waals surface area contributed by atoms with Crippen molar-refractivity contribution in [3.8, 4) is 0 Å². The highest BCUT2D eigenvalue weighted by Gasteiger charge is 2.25. The monoisotopic (exact) mass is 428 g/mol. The lowest BCUT2D eigenvalue weighted by Gasteiger charge is -2.15. The number of urea groups is 1. The second-order valence-corrected chi connectivity index (χ2v) is 8.14. The Labute approximate surface area is 188 Å². The van der Waals surface area contributed by atoms with Gasteiger partial charge in [0.05, 0.1) is 0 Å². The zero-order valence-electron chi connectivity index (χ0n) is 18.2. The van der Waals surface area contributed by atoms with Gasteiger partial charge in [-0.25, -0.2) is 4.79 Å². The normalized spacial score (nSPS) is 12.9. The first kappa shape index (κ1) is 21.6. The maximum absolute atomic E-state index is 12.6. The van der Waals surface area contributed by atoms with Gasteiger partial charge in [0.1, 0.15) is 0 Å². The van der Waals surface area contributed by atoms with Crippen molar-refractivity contribution in [3.05, 3.63) is 90.0 Å². The summed E-state index contributed by atoms with van der Waals surface area (Å²) in [7, 11) is 2.17. The largest absolute Gasteiger partial charge is 0.323 e. The summed E-state index contributed by atoms with van der Waals surface area (Å²) in [5.74, 6) is -0.183. The van der Waals surface area contributed by atoms with Crippen LogP contribution in [0.5, 0.6) is 0 Å². The smallest absolute Gasteiger partial charge is 0.322 e. The molecule has 0 spiro atoms. The zero-order valence-corrected chi connectivity index (χ0v) is 18.2. The molecule has 3 N–H and O–H groups in total. The number of benzene rings is 3. The lowest BCUT2D eigenvalue weighted by Crippen LogP contribution is -2.23. The fourth-order valence-corrected chi connectivity index (χ4v) is 3.53. The molecule has 3 amide bonds. The van der Waals surface area contributed by atoms with Crippen molar-refractivity contribution in [1.82, 2.24) is 4.90 Å². The molecule has 0 radical (unpaired) electrons. The molecule has 0 bridgehead atoms. The van der Waals surface area contributed by atoms with Crippen LogP contribution in [0.15, 0.2) is 78.9 Å². The topological polar surface area (TPSA) is 73.5 Å². The molecule has 1 aliphatic carbocycles. The molecule has 0 aliphatic heterocycles. The number of carbonyl (C=O) groups is 2. The first-order chi connectivity index (χ1) is 15.6. The van der Waals surface area contributed by atoms with Gasteiger partial charge in [0.15, 0.2) is 0 Å². The highest BCUT2D eigenvalue weighted by Crippen LogP contribution is 2.25. The fourth-order valence-electron chi connectivity index (χ4n) is 3.53. The van der Waals surface area contributed by atoms with E-state index in [0.717, 1.165) is 24.7 Å². The molecule has 1 fully saturated rings. The summed E-state index contributed by atoms with van der Waals surface area (Å²) < 4.78 is 0. The minimum atomic E-state index is -0.336. The number of likely N-dealkylation sites (N-methyl/N-ethyl adjacent to an activating group) is 1. The third-order valence-corrected chi connectivity index (χ3v) is 5.54. The number of para-hydroxylation sites is 1. The van der Waals surface area contributed by atoms with E-state index < -0.39 is 0 Å². The van der Waals surface area contributed by atoms with Crippen LogP contribution in [0.1, 0.15) is 28.8 Å². The Morgan fingerprint density at radius 1 is 0.812 bits per heavy atom. The summed E-state index contributed by atoms with van der Waals surface area (Å²) >= 11 is 0. The quantitative estimate of drug-likeness (QED) is 0.461. The fraction of sp³-hybridized carbons (Fsp3) is 0.231. The van der Waals surface area contributed by atoms with E-state index in [-0.39, 0.29) is 11.9 Å². The number of anilines is 3. The van der Waals surface area contributed by atoms with E-state index in [1.165, 1.54) is 18.4 Å². The molecule has 4 rings (SSSR count). The number of hydrogen-bond acceptors (Lipinski definition) is 3. The number of amides is 3. The van der Waals surface area contributed by atoms with Crippen LogP contribution in [-0.2, 0) is 6.42 Å². The summed E-state index contributed by atoms with van der Waals surface area (Å²) in [6, 6.07) is 24.4. The minimum Gasteiger partial charge on any atom is -0.322 e. The predicted molar refractivity (Wildman–Crippen MR) is 129 cm³/mol. The Morgan fingerprint density at radius 3 is 2.16 bits per heavy atom. The number of nitrogens with one attached hydrogen (secondary N) is 3. The van der Waals surface area contributed by atoms with E-state index in [9.17, 15) is 9.59 Å². The first-order valence-corrected chi connectivity index (χ1v) is 10.9. The van der Waals surface area contributed by atoms with E-state index in [1.54, 1.807) is 24.3 Å². The second kappa shape index (κ2) is 10.1. The number of rotatable bonds is 8. The summed E-state index contributed by atoms with van der Waals surface area (Å²) in [4.78, 5) is 27.2. The van der Waals surface area contributed by atoms with Crippen molar-refractivity contribution in [1.29, 1.82) is 0 Å². The van der Waals surface area contributed by atoms with Crippen LogP contribution in [-0.4, -0.2) is 36.5 Å². The zero-order chi connectivity index (χ0) is 22.3. The molecule has 0 atom stereocenters.